The van der Waals surface area contributed by atoms with E-state index >= 15 is 0 Å². The maximum Gasteiger partial charge on any atom is 0.262 e. The number of benzene rings is 1. The number of carbonyl (C=O) groups excluding carboxylic acids is 1. The minimum absolute atomic E-state index is 0.263. The lowest BCUT2D eigenvalue weighted by molar-refractivity contribution is -0.123. The number of nitrogens with one attached hydrogen (secondary N) is 2. The molecule has 5 nitrogen and oxygen atoms in total. The first-order valence-electron chi connectivity index (χ1n) is 7.02. The van der Waals surface area contributed by atoms with Gasteiger partial charge in [-0.3, -0.25) is 10.1 Å². The third-order valence-corrected chi connectivity index (χ3v) is 3.62. The molecule has 1 unspecified atom stereocenters. The summed E-state index contributed by atoms with van der Waals surface area (Å²) >= 11 is 0. The summed E-state index contributed by atoms with van der Waals surface area (Å²) in [6, 6.07) is 8.45. The number of carbonyl (C=O) groups is 1. The highest BCUT2D eigenvalue weighted by molar-refractivity contribution is 5.82. The lowest BCUT2D eigenvalue weighted by Crippen LogP contribution is -2.40. The van der Waals surface area contributed by atoms with E-state index in [1.165, 1.54) is 0 Å². The summed E-state index contributed by atoms with van der Waals surface area (Å²) in [7, 11) is 0. The van der Waals surface area contributed by atoms with Crippen molar-refractivity contribution in [2.45, 2.75) is 24.9 Å². The molecule has 1 aliphatic heterocycles. The van der Waals surface area contributed by atoms with Crippen molar-refractivity contribution < 1.29 is 13.6 Å². The first-order valence-corrected chi connectivity index (χ1v) is 7.02. The molecule has 1 aromatic heterocycles. The summed E-state index contributed by atoms with van der Waals surface area (Å²) in [5.41, 5.74) is 1.71. The molecule has 1 amide bonds. The minimum Gasteiger partial charge on any atom is -0.351 e. The van der Waals surface area contributed by atoms with Crippen LogP contribution >= 0.6 is 0 Å². The van der Waals surface area contributed by atoms with Crippen molar-refractivity contribution in [3.8, 4) is 5.69 Å². The normalized spacial score (nSPS) is 20.0. The van der Waals surface area contributed by atoms with Crippen LogP contribution in [0, 0.1) is 0 Å². The summed E-state index contributed by atoms with van der Waals surface area (Å²) in [5.74, 6) is -3.22. The van der Waals surface area contributed by atoms with Crippen molar-refractivity contribution in [1.82, 2.24) is 20.4 Å². The Kier molecular flexibility index (Phi) is 3.89. The number of nitrogens with zero attached hydrogens (tertiary/aromatic N) is 2. The van der Waals surface area contributed by atoms with Crippen LogP contribution < -0.4 is 10.6 Å². The zero-order valence-electron chi connectivity index (χ0n) is 11.8. The monoisotopic (exact) mass is 306 g/mol. The minimum atomic E-state index is -2.81. The molecule has 1 aromatic carbocycles. The Morgan fingerprint density at radius 3 is 2.91 bits per heavy atom. The number of aromatic nitrogens is 2. The van der Waals surface area contributed by atoms with E-state index in [1.807, 2.05) is 24.3 Å². The topological polar surface area (TPSA) is 59.0 Å². The molecule has 0 radical (unpaired) electrons. The number of hydrogen-bond acceptors (Lipinski definition) is 3. The van der Waals surface area contributed by atoms with Gasteiger partial charge in [0.05, 0.1) is 18.3 Å². The van der Waals surface area contributed by atoms with Crippen molar-refractivity contribution >= 4 is 5.91 Å². The van der Waals surface area contributed by atoms with Gasteiger partial charge in [0, 0.05) is 25.4 Å². The zero-order valence-corrected chi connectivity index (χ0v) is 11.8. The summed E-state index contributed by atoms with van der Waals surface area (Å²) in [5, 5.41) is 9.41. The van der Waals surface area contributed by atoms with E-state index in [0.29, 0.717) is 0 Å². The van der Waals surface area contributed by atoms with Crippen LogP contribution in [0.1, 0.15) is 12.0 Å². The number of rotatable bonds is 4. The molecule has 1 aliphatic rings. The molecule has 0 aliphatic carbocycles. The zero-order chi connectivity index (χ0) is 15.6. The number of alkyl halides is 2. The Balaban J connectivity index is 1.66. The van der Waals surface area contributed by atoms with Gasteiger partial charge in [-0.1, -0.05) is 18.2 Å². The third-order valence-electron chi connectivity index (χ3n) is 3.62. The SMILES string of the molecule is O=C(NCc1ccccc1-n1cccn1)C1CC(F)(F)CN1. The Morgan fingerprint density at radius 2 is 2.23 bits per heavy atom. The van der Waals surface area contributed by atoms with Crippen molar-refractivity contribution in [3.63, 3.8) is 0 Å². The molecule has 2 heterocycles. The van der Waals surface area contributed by atoms with Crippen LogP contribution in [-0.4, -0.2) is 34.2 Å². The maximum absolute atomic E-state index is 13.1. The van der Waals surface area contributed by atoms with Gasteiger partial charge in [-0.2, -0.15) is 5.10 Å². The molecule has 116 valence electrons. The Hall–Kier alpha value is -2.28. The second-order valence-corrected chi connectivity index (χ2v) is 5.29. The molecular weight excluding hydrogens is 290 g/mol. The molecule has 1 atom stereocenters. The quantitative estimate of drug-likeness (QED) is 0.900. The average molecular weight is 306 g/mol. The number of halogens is 2. The van der Waals surface area contributed by atoms with Crippen LogP contribution in [0.2, 0.25) is 0 Å². The van der Waals surface area contributed by atoms with Gasteiger partial charge in [-0.15, -0.1) is 0 Å². The first kappa shape index (κ1) is 14.6. The van der Waals surface area contributed by atoms with E-state index in [0.717, 1.165) is 11.3 Å². The first-order chi connectivity index (χ1) is 10.6. The standard InChI is InChI=1S/C15H16F2N4O/c16-15(17)8-12(19-10-15)14(22)18-9-11-4-1-2-5-13(11)21-7-3-6-20-21/h1-7,12,19H,8-10H2,(H,18,22). The van der Waals surface area contributed by atoms with E-state index in [9.17, 15) is 13.6 Å². The molecule has 0 spiro atoms. The molecular formula is C15H16F2N4O. The molecule has 0 bridgehead atoms. The summed E-state index contributed by atoms with van der Waals surface area (Å²) < 4.78 is 27.9. The molecule has 2 aromatic rings. The molecule has 2 N–H and O–H groups in total. The molecule has 3 rings (SSSR count). The van der Waals surface area contributed by atoms with E-state index in [2.05, 4.69) is 15.7 Å². The van der Waals surface area contributed by atoms with Gasteiger partial charge in [0.1, 0.15) is 0 Å². The van der Waals surface area contributed by atoms with Crippen LogP contribution in [0.3, 0.4) is 0 Å². The second kappa shape index (κ2) is 5.84. The van der Waals surface area contributed by atoms with E-state index in [4.69, 9.17) is 0 Å². The molecule has 1 saturated heterocycles. The molecule has 7 heteroatoms. The van der Waals surface area contributed by atoms with Crippen molar-refractivity contribution in [1.29, 1.82) is 0 Å². The smallest absolute Gasteiger partial charge is 0.262 e. The highest BCUT2D eigenvalue weighted by atomic mass is 19.3. The highest BCUT2D eigenvalue weighted by Crippen LogP contribution is 2.25. The molecule has 1 fully saturated rings. The lowest BCUT2D eigenvalue weighted by Gasteiger charge is -2.13. The summed E-state index contributed by atoms with van der Waals surface area (Å²) in [6.07, 6.45) is 3.01. The van der Waals surface area contributed by atoms with Gasteiger partial charge in [0.25, 0.3) is 5.92 Å². The van der Waals surface area contributed by atoms with Crippen LogP contribution in [0.4, 0.5) is 8.78 Å². The van der Waals surface area contributed by atoms with Gasteiger partial charge < -0.3 is 5.32 Å². The predicted molar refractivity (Wildman–Crippen MR) is 76.8 cm³/mol. The van der Waals surface area contributed by atoms with Crippen molar-refractivity contribution in [2.24, 2.45) is 0 Å². The fourth-order valence-corrected chi connectivity index (χ4v) is 2.50. The van der Waals surface area contributed by atoms with Gasteiger partial charge in [-0.05, 0) is 17.7 Å². The van der Waals surface area contributed by atoms with Gasteiger partial charge in [0.2, 0.25) is 5.91 Å². The van der Waals surface area contributed by atoms with Crippen LogP contribution in [0.5, 0.6) is 0 Å². The molecule has 0 saturated carbocycles. The summed E-state index contributed by atoms with van der Waals surface area (Å²) in [6.45, 7) is -0.187. The summed E-state index contributed by atoms with van der Waals surface area (Å²) in [4.78, 5) is 12.0. The van der Waals surface area contributed by atoms with E-state index in [-0.39, 0.29) is 6.54 Å². The van der Waals surface area contributed by atoms with Crippen LogP contribution in [0.15, 0.2) is 42.7 Å². The van der Waals surface area contributed by atoms with E-state index in [1.54, 1.807) is 23.1 Å². The Morgan fingerprint density at radius 1 is 1.41 bits per heavy atom. The van der Waals surface area contributed by atoms with Gasteiger partial charge >= 0.3 is 0 Å². The van der Waals surface area contributed by atoms with Crippen molar-refractivity contribution in [2.75, 3.05) is 6.54 Å². The Labute approximate surface area is 126 Å². The van der Waals surface area contributed by atoms with Gasteiger partial charge in [-0.25, -0.2) is 13.5 Å². The average Bonchev–Trinajstić information content (AvgIpc) is 3.14. The fourth-order valence-electron chi connectivity index (χ4n) is 2.50. The van der Waals surface area contributed by atoms with E-state index < -0.39 is 30.8 Å². The second-order valence-electron chi connectivity index (χ2n) is 5.29. The van der Waals surface area contributed by atoms with Gasteiger partial charge in [0.15, 0.2) is 0 Å². The number of hydrogen-bond donors (Lipinski definition) is 2. The lowest BCUT2D eigenvalue weighted by atomic mass is 10.1. The number of para-hydroxylation sites is 1. The number of amides is 1. The third kappa shape index (κ3) is 3.14. The fraction of sp³-hybridized carbons (Fsp3) is 0.333. The maximum atomic E-state index is 13.1. The molecule has 22 heavy (non-hydrogen) atoms. The Bertz CT molecular complexity index is 657. The highest BCUT2D eigenvalue weighted by Gasteiger charge is 2.42. The van der Waals surface area contributed by atoms with Crippen molar-refractivity contribution in [3.05, 3.63) is 48.3 Å². The largest absolute Gasteiger partial charge is 0.351 e. The van der Waals surface area contributed by atoms with Crippen LogP contribution in [-0.2, 0) is 11.3 Å². The van der Waals surface area contributed by atoms with Crippen LogP contribution in [0.25, 0.3) is 5.69 Å². The predicted octanol–water partition coefficient (Wildman–Crippen LogP) is 1.49.